The van der Waals surface area contributed by atoms with Gasteiger partial charge in [-0.1, -0.05) is 32.1 Å². The fourth-order valence-corrected chi connectivity index (χ4v) is 1.97. The molecular formula is C15H23NO4. The predicted molar refractivity (Wildman–Crippen MR) is 75.8 cm³/mol. The monoisotopic (exact) mass is 281 g/mol. The van der Waals surface area contributed by atoms with Crippen LogP contribution in [0.1, 0.15) is 27.2 Å². The van der Waals surface area contributed by atoms with Gasteiger partial charge in [-0.15, -0.1) is 0 Å². The number of nitrogens with one attached hydrogen (secondary N) is 1. The minimum atomic E-state index is -1.01. The van der Waals surface area contributed by atoms with Gasteiger partial charge < -0.3 is 15.2 Å². The average Bonchev–Trinajstić information content (AvgIpc) is 2.45. The molecule has 0 heterocycles. The number of methoxy groups -OCH3 is 1. The van der Waals surface area contributed by atoms with Crippen molar-refractivity contribution in [3.63, 3.8) is 0 Å². The Kier molecular flexibility index (Phi) is 5.95. The molecule has 0 spiro atoms. The Bertz CT molecular complexity index is 426. The molecule has 5 heteroatoms. The van der Waals surface area contributed by atoms with E-state index >= 15 is 0 Å². The van der Waals surface area contributed by atoms with Crippen LogP contribution in [-0.2, 0) is 14.3 Å². The maximum absolute atomic E-state index is 11.8. The van der Waals surface area contributed by atoms with E-state index in [0.717, 1.165) is 5.57 Å². The molecule has 0 aromatic heterocycles. The number of amides is 1. The predicted octanol–water partition coefficient (Wildman–Crippen LogP) is 1.18. The van der Waals surface area contributed by atoms with Gasteiger partial charge in [0, 0.05) is 0 Å². The van der Waals surface area contributed by atoms with Crippen molar-refractivity contribution >= 4 is 11.9 Å². The van der Waals surface area contributed by atoms with Gasteiger partial charge in [-0.05, 0) is 24.8 Å². The Labute approximate surface area is 119 Å². The molecule has 5 nitrogen and oxygen atoms in total. The van der Waals surface area contributed by atoms with Gasteiger partial charge >= 0.3 is 5.97 Å². The van der Waals surface area contributed by atoms with Gasteiger partial charge in [0.2, 0.25) is 5.91 Å². The second kappa shape index (κ2) is 7.24. The summed E-state index contributed by atoms with van der Waals surface area (Å²) in [5.74, 6) is -1.02. The van der Waals surface area contributed by atoms with Gasteiger partial charge in [-0.3, -0.25) is 9.59 Å². The number of hydrogen-bond acceptors (Lipinski definition) is 4. The third-order valence-electron chi connectivity index (χ3n) is 3.39. The maximum atomic E-state index is 11.8. The van der Waals surface area contributed by atoms with Crippen molar-refractivity contribution in [2.45, 2.75) is 39.3 Å². The molecule has 0 bridgehead atoms. The highest BCUT2D eigenvalue weighted by Gasteiger charge is 2.23. The fraction of sp³-hybridized carbons (Fsp3) is 0.600. The van der Waals surface area contributed by atoms with Crippen LogP contribution >= 0.6 is 0 Å². The molecule has 0 aliphatic heterocycles. The van der Waals surface area contributed by atoms with Crippen LogP contribution in [0.25, 0.3) is 0 Å². The van der Waals surface area contributed by atoms with Gasteiger partial charge in [0.05, 0.1) is 19.1 Å². The number of ether oxygens (including phenoxy) is 1. The number of carbonyl (C=O) groups excluding carboxylic acids is 2. The summed E-state index contributed by atoms with van der Waals surface area (Å²) < 4.78 is 4.69. The Morgan fingerprint density at radius 2 is 2.05 bits per heavy atom. The molecule has 20 heavy (non-hydrogen) atoms. The van der Waals surface area contributed by atoms with Crippen molar-refractivity contribution in [1.82, 2.24) is 5.32 Å². The third kappa shape index (κ3) is 4.20. The lowest BCUT2D eigenvalue weighted by Crippen LogP contribution is -2.43. The summed E-state index contributed by atoms with van der Waals surface area (Å²) in [5, 5.41) is 12.4. The number of hydrogen-bond donors (Lipinski definition) is 2. The Hall–Kier alpha value is -1.62. The first-order valence-electron chi connectivity index (χ1n) is 6.81. The topological polar surface area (TPSA) is 75.6 Å². The van der Waals surface area contributed by atoms with Gasteiger partial charge in [-0.25, -0.2) is 0 Å². The summed E-state index contributed by atoms with van der Waals surface area (Å²) in [4.78, 5) is 23.1. The van der Waals surface area contributed by atoms with E-state index in [1.165, 1.54) is 7.11 Å². The second-order valence-corrected chi connectivity index (χ2v) is 5.35. The first-order chi connectivity index (χ1) is 9.36. The van der Waals surface area contributed by atoms with Crippen LogP contribution < -0.4 is 5.32 Å². The van der Waals surface area contributed by atoms with E-state index in [4.69, 9.17) is 0 Å². The van der Waals surface area contributed by atoms with Gasteiger partial charge in [0.25, 0.3) is 0 Å². The SMILES string of the molecule is COC(=O)C1C=CC([C@H](C)NC(=O)[C@H](O)C(C)C)=CC1. The van der Waals surface area contributed by atoms with E-state index in [0.29, 0.717) is 6.42 Å². The van der Waals surface area contributed by atoms with Crippen LogP contribution in [0.4, 0.5) is 0 Å². The minimum Gasteiger partial charge on any atom is -0.469 e. The number of allylic oxidation sites excluding steroid dienone is 1. The van der Waals surface area contributed by atoms with E-state index in [1.807, 2.05) is 19.1 Å². The van der Waals surface area contributed by atoms with E-state index in [9.17, 15) is 14.7 Å². The highest BCUT2D eigenvalue weighted by atomic mass is 16.5. The summed E-state index contributed by atoms with van der Waals surface area (Å²) in [6, 6.07) is -0.203. The van der Waals surface area contributed by atoms with E-state index in [2.05, 4.69) is 10.1 Å². The molecule has 1 aliphatic carbocycles. The summed E-state index contributed by atoms with van der Waals surface area (Å²) in [5.41, 5.74) is 0.925. The molecule has 0 saturated carbocycles. The lowest BCUT2D eigenvalue weighted by atomic mass is 9.93. The molecular weight excluding hydrogens is 258 g/mol. The quantitative estimate of drug-likeness (QED) is 0.742. The molecule has 1 aliphatic rings. The maximum Gasteiger partial charge on any atom is 0.312 e. The molecule has 1 unspecified atom stereocenters. The highest BCUT2D eigenvalue weighted by Crippen LogP contribution is 2.19. The van der Waals surface area contributed by atoms with Crippen LogP contribution in [0.15, 0.2) is 23.8 Å². The molecule has 0 radical (unpaired) electrons. The van der Waals surface area contributed by atoms with Crippen LogP contribution in [0.5, 0.6) is 0 Å². The summed E-state index contributed by atoms with van der Waals surface area (Å²) in [6.07, 6.45) is 5.06. The van der Waals surface area contributed by atoms with Crippen LogP contribution in [0, 0.1) is 11.8 Å². The largest absolute Gasteiger partial charge is 0.469 e. The standard InChI is InChI=1S/C15H23NO4/c1-9(2)13(17)14(18)16-10(3)11-5-7-12(8-6-11)15(19)20-4/h5-7,9-10,12-13,17H,8H2,1-4H3,(H,16,18)/t10-,12?,13+/m0/s1. The normalized spacial score (nSPS) is 21.1. The van der Waals surface area contributed by atoms with E-state index in [-0.39, 0.29) is 29.8 Å². The van der Waals surface area contributed by atoms with Crippen LogP contribution in [0.3, 0.4) is 0 Å². The average molecular weight is 281 g/mol. The fourth-order valence-electron chi connectivity index (χ4n) is 1.97. The van der Waals surface area contributed by atoms with E-state index in [1.54, 1.807) is 19.9 Å². The van der Waals surface area contributed by atoms with Crippen molar-refractivity contribution in [2.75, 3.05) is 7.11 Å². The molecule has 0 fully saturated rings. The Balaban J connectivity index is 2.56. The van der Waals surface area contributed by atoms with Gasteiger partial charge in [0.15, 0.2) is 0 Å². The molecule has 2 N–H and O–H groups in total. The highest BCUT2D eigenvalue weighted by molar-refractivity contribution is 5.81. The third-order valence-corrected chi connectivity index (χ3v) is 3.39. The number of aliphatic hydroxyl groups excluding tert-OH is 1. The first-order valence-corrected chi connectivity index (χ1v) is 6.81. The lowest BCUT2D eigenvalue weighted by Gasteiger charge is -2.22. The molecule has 0 aromatic rings. The molecule has 3 atom stereocenters. The van der Waals surface area contributed by atoms with Crippen LogP contribution in [0.2, 0.25) is 0 Å². The number of rotatable bonds is 5. The summed E-state index contributed by atoms with van der Waals surface area (Å²) in [7, 11) is 1.37. The zero-order valence-corrected chi connectivity index (χ0v) is 12.4. The zero-order valence-electron chi connectivity index (χ0n) is 12.4. The van der Waals surface area contributed by atoms with Crippen molar-refractivity contribution in [3.05, 3.63) is 23.8 Å². The minimum absolute atomic E-state index is 0.123. The number of carbonyl (C=O) groups is 2. The smallest absolute Gasteiger partial charge is 0.312 e. The zero-order chi connectivity index (χ0) is 15.3. The Morgan fingerprint density at radius 3 is 2.50 bits per heavy atom. The van der Waals surface area contributed by atoms with Crippen molar-refractivity contribution in [3.8, 4) is 0 Å². The van der Waals surface area contributed by atoms with Crippen molar-refractivity contribution in [2.24, 2.45) is 11.8 Å². The molecule has 1 amide bonds. The summed E-state index contributed by atoms with van der Waals surface area (Å²) >= 11 is 0. The van der Waals surface area contributed by atoms with Gasteiger partial charge in [0.1, 0.15) is 6.10 Å². The lowest BCUT2D eigenvalue weighted by molar-refractivity contribution is -0.143. The molecule has 0 saturated heterocycles. The number of esters is 1. The van der Waals surface area contributed by atoms with Crippen LogP contribution in [-0.4, -0.2) is 36.2 Å². The molecule has 0 aromatic carbocycles. The first kappa shape index (κ1) is 16.4. The van der Waals surface area contributed by atoms with Crippen molar-refractivity contribution in [1.29, 1.82) is 0 Å². The Morgan fingerprint density at radius 1 is 1.40 bits per heavy atom. The molecule has 112 valence electrons. The summed E-state index contributed by atoms with van der Waals surface area (Å²) in [6.45, 7) is 5.42. The second-order valence-electron chi connectivity index (χ2n) is 5.35. The van der Waals surface area contributed by atoms with Crippen molar-refractivity contribution < 1.29 is 19.4 Å². The van der Waals surface area contributed by atoms with Gasteiger partial charge in [-0.2, -0.15) is 0 Å². The number of aliphatic hydroxyl groups is 1. The molecule has 1 rings (SSSR count). The van der Waals surface area contributed by atoms with E-state index < -0.39 is 6.10 Å².